The summed E-state index contributed by atoms with van der Waals surface area (Å²) in [4.78, 5) is 13.0. The number of carbonyl (C=O) groups is 1. The molecule has 6 rings (SSSR count). The largest absolute Gasteiger partial charge is 0.388 e. The van der Waals surface area contributed by atoms with E-state index in [9.17, 15) is 9.90 Å². The summed E-state index contributed by atoms with van der Waals surface area (Å²) in [5.74, 6) is 2.78. The second-order valence-corrected chi connectivity index (χ2v) is 10.8. The van der Waals surface area contributed by atoms with Crippen LogP contribution in [0.25, 0.3) is 0 Å². The number of halogens is 1. The average Bonchev–Trinajstić information content (AvgIpc) is 2.71. The van der Waals surface area contributed by atoms with Gasteiger partial charge in [-0.1, -0.05) is 17.7 Å². The van der Waals surface area contributed by atoms with Crippen molar-refractivity contribution in [2.75, 3.05) is 19.6 Å². The molecule has 5 fully saturated rings. The maximum absolute atomic E-state index is 13.0. The standard InChI is InChI=1S/C24H33ClN2O2/c25-21-2-1-19(22(28)18-3-5-26-6-4-18)10-20(21)23(29)27-14-24-11-15-7-16(12-24)9-17(8-15)13-24/h1-2,10,15-18,22,26,28H,3-9,11-14H2,(H,27,29). The van der Waals surface area contributed by atoms with Gasteiger partial charge < -0.3 is 15.7 Å². The monoisotopic (exact) mass is 416 g/mol. The molecule has 5 aliphatic rings. The fourth-order valence-corrected chi connectivity index (χ4v) is 7.41. The average molecular weight is 417 g/mol. The van der Waals surface area contributed by atoms with Crippen LogP contribution in [0.3, 0.4) is 0 Å². The van der Waals surface area contributed by atoms with E-state index in [1.807, 2.05) is 12.1 Å². The fourth-order valence-electron chi connectivity index (χ4n) is 7.20. The van der Waals surface area contributed by atoms with Crippen molar-refractivity contribution in [1.29, 1.82) is 0 Å². The number of rotatable bonds is 5. The summed E-state index contributed by atoms with van der Waals surface area (Å²) in [5, 5.41) is 17.9. The zero-order valence-corrected chi connectivity index (χ0v) is 17.9. The van der Waals surface area contributed by atoms with Gasteiger partial charge in [-0.2, -0.15) is 0 Å². The molecule has 4 saturated carbocycles. The van der Waals surface area contributed by atoms with E-state index in [0.29, 0.717) is 16.0 Å². The lowest BCUT2D eigenvalue weighted by molar-refractivity contribution is -0.0503. The molecule has 3 N–H and O–H groups in total. The third-order valence-electron chi connectivity index (χ3n) is 8.20. The number of carbonyl (C=O) groups excluding carboxylic acids is 1. The van der Waals surface area contributed by atoms with E-state index in [-0.39, 0.29) is 11.8 Å². The summed E-state index contributed by atoms with van der Waals surface area (Å²) in [6.07, 6.45) is 9.45. The number of piperidine rings is 1. The topological polar surface area (TPSA) is 61.4 Å². The molecule has 1 aromatic rings. The first-order valence-electron chi connectivity index (χ1n) is 11.5. The number of benzene rings is 1. The second-order valence-electron chi connectivity index (χ2n) is 10.4. The van der Waals surface area contributed by atoms with Crippen LogP contribution >= 0.6 is 11.6 Å². The molecule has 158 valence electrons. The summed E-state index contributed by atoms with van der Waals surface area (Å²) in [6, 6.07) is 5.44. The number of amides is 1. The molecule has 4 aliphatic carbocycles. The predicted molar refractivity (Wildman–Crippen MR) is 115 cm³/mol. The minimum absolute atomic E-state index is 0.0925. The lowest BCUT2D eigenvalue weighted by Gasteiger charge is -2.56. The van der Waals surface area contributed by atoms with E-state index in [1.54, 1.807) is 6.07 Å². The zero-order chi connectivity index (χ0) is 20.0. The Morgan fingerprint density at radius 3 is 2.38 bits per heavy atom. The molecular weight excluding hydrogens is 384 g/mol. The first-order chi connectivity index (χ1) is 14.0. The fraction of sp³-hybridized carbons (Fsp3) is 0.708. The van der Waals surface area contributed by atoms with Crippen molar-refractivity contribution >= 4 is 17.5 Å². The van der Waals surface area contributed by atoms with Gasteiger partial charge in [0, 0.05) is 6.54 Å². The number of hydrogen-bond acceptors (Lipinski definition) is 3. The van der Waals surface area contributed by atoms with Crippen molar-refractivity contribution in [2.24, 2.45) is 29.1 Å². The third kappa shape index (κ3) is 3.96. The van der Waals surface area contributed by atoms with Crippen LogP contribution in [0.2, 0.25) is 5.02 Å². The van der Waals surface area contributed by atoms with Gasteiger partial charge in [0.05, 0.1) is 16.7 Å². The Morgan fingerprint density at radius 2 is 1.76 bits per heavy atom. The molecule has 4 bridgehead atoms. The highest BCUT2D eigenvalue weighted by Gasteiger charge is 2.50. The van der Waals surface area contributed by atoms with E-state index >= 15 is 0 Å². The first-order valence-corrected chi connectivity index (χ1v) is 11.9. The van der Waals surface area contributed by atoms with Crippen LogP contribution in [0.1, 0.15) is 73.4 Å². The highest BCUT2D eigenvalue weighted by atomic mass is 35.5. The molecule has 1 amide bonds. The Bertz CT molecular complexity index is 739. The van der Waals surface area contributed by atoms with Gasteiger partial charge in [0.2, 0.25) is 0 Å². The Kier molecular flexibility index (Phi) is 5.38. The van der Waals surface area contributed by atoms with Crippen molar-refractivity contribution in [3.63, 3.8) is 0 Å². The van der Waals surface area contributed by atoms with Gasteiger partial charge in [-0.05, 0) is 111 Å². The van der Waals surface area contributed by atoms with Gasteiger partial charge in [-0.15, -0.1) is 0 Å². The smallest absolute Gasteiger partial charge is 0.252 e. The van der Waals surface area contributed by atoms with Crippen LogP contribution in [0.15, 0.2) is 18.2 Å². The lowest BCUT2D eigenvalue weighted by Crippen LogP contribution is -2.51. The predicted octanol–water partition coefficient (Wildman–Crippen LogP) is 4.32. The van der Waals surface area contributed by atoms with Gasteiger partial charge in [0.25, 0.3) is 5.91 Å². The number of aliphatic hydroxyl groups excluding tert-OH is 1. The van der Waals surface area contributed by atoms with Gasteiger partial charge in [0.15, 0.2) is 0 Å². The molecule has 1 heterocycles. The Balaban J connectivity index is 1.27. The summed E-state index contributed by atoms with van der Waals surface area (Å²) < 4.78 is 0. The van der Waals surface area contributed by atoms with E-state index < -0.39 is 6.10 Å². The van der Waals surface area contributed by atoms with Crippen LogP contribution in [0.5, 0.6) is 0 Å². The Hall–Kier alpha value is -1.10. The van der Waals surface area contributed by atoms with Gasteiger partial charge >= 0.3 is 0 Å². The maximum Gasteiger partial charge on any atom is 0.252 e. The van der Waals surface area contributed by atoms with Crippen molar-refractivity contribution in [3.8, 4) is 0 Å². The molecule has 4 nitrogen and oxygen atoms in total. The molecular formula is C24H33ClN2O2. The van der Waals surface area contributed by atoms with Crippen LogP contribution in [0, 0.1) is 29.1 Å². The molecule has 0 radical (unpaired) electrons. The highest BCUT2D eigenvalue weighted by Crippen LogP contribution is 2.59. The van der Waals surface area contributed by atoms with Gasteiger partial charge in [-0.25, -0.2) is 0 Å². The Morgan fingerprint density at radius 1 is 1.14 bits per heavy atom. The summed E-state index contributed by atoms with van der Waals surface area (Å²) in [5.41, 5.74) is 1.62. The number of aliphatic hydroxyl groups is 1. The molecule has 29 heavy (non-hydrogen) atoms. The van der Waals surface area contributed by atoms with Crippen molar-refractivity contribution < 1.29 is 9.90 Å². The molecule has 1 unspecified atom stereocenters. The first kappa shape index (κ1) is 19.8. The Labute approximate surface area is 178 Å². The van der Waals surface area contributed by atoms with Crippen molar-refractivity contribution in [2.45, 2.75) is 57.5 Å². The van der Waals surface area contributed by atoms with Crippen LogP contribution < -0.4 is 10.6 Å². The summed E-state index contributed by atoms with van der Waals surface area (Å²) in [7, 11) is 0. The minimum Gasteiger partial charge on any atom is -0.388 e. The van der Waals surface area contributed by atoms with E-state index in [1.165, 1.54) is 38.5 Å². The molecule has 5 heteroatoms. The van der Waals surface area contributed by atoms with Crippen LogP contribution in [-0.2, 0) is 0 Å². The quantitative estimate of drug-likeness (QED) is 0.669. The molecule has 1 aliphatic heterocycles. The SMILES string of the molecule is O=C(NCC12CC3CC(CC(C3)C1)C2)c1cc(C(O)C2CCNCC2)ccc1Cl. The van der Waals surface area contributed by atoms with E-state index in [0.717, 1.165) is 55.8 Å². The maximum atomic E-state index is 13.0. The molecule has 0 aromatic heterocycles. The lowest BCUT2D eigenvalue weighted by atomic mass is 9.49. The highest BCUT2D eigenvalue weighted by molar-refractivity contribution is 6.33. The zero-order valence-electron chi connectivity index (χ0n) is 17.1. The van der Waals surface area contributed by atoms with Gasteiger partial charge in [-0.3, -0.25) is 4.79 Å². The minimum atomic E-state index is -0.538. The van der Waals surface area contributed by atoms with Crippen molar-refractivity contribution in [3.05, 3.63) is 34.3 Å². The molecule has 1 saturated heterocycles. The van der Waals surface area contributed by atoms with Gasteiger partial charge in [0.1, 0.15) is 0 Å². The number of nitrogens with one attached hydrogen (secondary N) is 2. The summed E-state index contributed by atoms with van der Waals surface area (Å²) in [6.45, 7) is 2.65. The normalized spacial score (nSPS) is 34.9. The van der Waals surface area contributed by atoms with Crippen molar-refractivity contribution in [1.82, 2.24) is 10.6 Å². The van der Waals surface area contributed by atoms with E-state index in [2.05, 4.69) is 10.6 Å². The third-order valence-corrected chi connectivity index (χ3v) is 8.53. The van der Waals surface area contributed by atoms with Crippen LogP contribution in [0.4, 0.5) is 0 Å². The van der Waals surface area contributed by atoms with Crippen LogP contribution in [-0.4, -0.2) is 30.6 Å². The molecule has 1 atom stereocenters. The summed E-state index contributed by atoms with van der Waals surface area (Å²) >= 11 is 6.38. The molecule has 0 spiro atoms. The molecule has 1 aromatic carbocycles. The number of hydrogen-bond donors (Lipinski definition) is 3. The second kappa shape index (κ2) is 7.86. The van der Waals surface area contributed by atoms with E-state index in [4.69, 9.17) is 11.6 Å².